The van der Waals surface area contributed by atoms with Crippen LogP contribution in [-0.4, -0.2) is 94.0 Å². The molecule has 2 aliphatic rings. The molecule has 2 amide bonds. The standard InChI is InChI=1S/C44H38ClF10N7O9S2/c1-20(12-32(64)65)71-40(66)62(73(5,69)70)39-34-29(45)9-8-26(36(34)61(59-39)19-42(48,49)50)25-7-6-24(10-11-41(2,3)72(4,67)68)56-35(25)30(15-21-13-22(46)16-23(47)14-21)57-31(63)18-60-38-33(37(58-60)44(53,54)55)27-17-28(27)43(38,51)52/h6-9,13-14,16,20,27-28,30H,12,15,17-19H2,1-5H3,(H,57,63)(H,64,65)/t20?,27-,28+,30?/m0/s1. The fourth-order valence-corrected chi connectivity index (χ4v) is 9.52. The fraction of sp³-hybridized carbons (Fsp3) is 0.409. The molecule has 2 unspecified atom stereocenters. The summed E-state index contributed by atoms with van der Waals surface area (Å²) in [6, 6.07) is 4.47. The summed E-state index contributed by atoms with van der Waals surface area (Å²) < 4.78 is 202. The van der Waals surface area contributed by atoms with Gasteiger partial charge in [-0.1, -0.05) is 23.6 Å². The minimum absolute atomic E-state index is 0.170. The number of aliphatic carboxylic acids is 1. The summed E-state index contributed by atoms with van der Waals surface area (Å²) in [6.07, 6.45) is -14.4. The van der Waals surface area contributed by atoms with Crippen molar-refractivity contribution in [2.75, 3.05) is 16.8 Å². The van der Waals surface area contributed by atoms with Gasteiger partial charge in [-0.2, -0.15) is 49.6 Å². The smallest absolute Gasteiger partial charge is 0.435 e. The van der Waals surface area contributed by atoms with Crippen LogP contribution in [0.25, 0.3) is 22.0 Å². The van der Waals surface area contributed by atoms with Crippen LogP contribution in [0.4, 0.5) is 54.5 Å². The molecular formula is C44H38ClF10N7O9S2. The molecule has 3 aromatic heterocycles. The molecule has 0 radical (unpaired) electrons. The van der Waals surface area contributed by atoms with Crippen molar-refractivity contribution < 1.29 is 85.0 Å². The van der Waals surface area contributed by atoms with Gasteiger partial charge in [0.15, 0.2) is 21.3 Å². The van der Waals surface area contributed by atoms with Crippen molar-refractivity contribution in [2.45, 2.75) is 94.2 Å². The predicted molar refractivity (Wildman–Crippen MR) is 238 cm³/mol. The Kier molecular flexibility index (Phi) is 14.0. The fourth-order valence-electron chi connectivity index (χ4n) is 8.29. The lowest BCUT2D eigenvalue weighted by molar-refractivity contribution is -0.143. The summed E-state index contributed by atoms with van der Waals surface area (Å²) >= 11 is 6.58. The zero-order valence-corrected chi connectivity index (χ0v) is 40.6. The average Bonchev–Trinajstić information content (AvgIpc) is 3.73. The number of hydrogen-bond donors (Lipinski definition) is 2. The maximum Gasteiger partial charge on any atom is 0.435 e. The van der Waals surface area contributed by atoms with E-state index in [1.54, 1.807) is 0 Å². The van der Waals surface area contributed by atoms with Gasteiger partial charge < -0.3 is 15.2 Å². The van der Waals surface area contributed by atoms with Gasteiger partial charge in [0.05, 0.1) is 40.3 Å². The number of amides is 2. The quantitative estimate of drug-likeness (QED) is 0.0799. The lowest BCUT2D eigenvalue weighted by atomic mass is 9.93. The molecule has 5 aromatic rings. The predicted octanol–water partition coefficient (Wildman–Crippen LogP) is 8.06. The monoisotopic (exact) mass is 1100 g/mol. The molecule has 0 saturated heterocycles. The molecule has 392 valence electrons. The SMILES string of the molecule is CC(CC(=O)O)OC(=O)N(c1nn(CC(F)(F)F)c2c(-c3ccc(C#CC(C)(C)S(C)(=O)=O)nc3C(Cc3cc(F)cc(F)c3)NC(=O)Cn3nc(C(F)(F)F)c4c3C(F)(F)[C@@H]3C[C@H]43)ccc(Cl)c12)S(C)(=O)=O. The molecule has 0 spiro atoms. The van der Waals surface area contributed by atoms with Gasteiger partial charge in [-0.3, -0.25) is 19.0 Å². The first kappa shape index (κ1) is 54.3. The molecule has 73 heavy (non-hydrogen) atoms. The Morgan fingerprint density at radius 3 is 2.18 bits per heavy atom. The number of nitrogens with zero attached hydrogens (tertiary/aromatic N) is 6. The molecule has 1 saturated carbocycles. The van der Waals surface area contributed by atoms with Gasteiger partial charge in [0.1, 0.15) is 47.0 Å². The van der Waals surface area contributed by atoms with Crippen molar-refractivity contribution in [3.05, 3.63) is 93.0 Å². The highest BCUT2D eigenvalue weighted by atomic mass is 35.5. The average molecular weight is 1100 g/mol. The number of hydrogen-bond acceptors (Lipinski definition) is 11. The number of pyridine rings is 1. The zero-order valence-electron chi connectivity index (χ0n) is 38.3. The third-order valence-electron chi connectivity index (χ3n) is 11.8. The van der Waals surface area contributed by atoms with Gasteiger partial charge in [-0.15, -0.1) is 0 Å². The highest BCUT2D eigenvalue weighted by Crippen LogP contribution is 2.68. The van der Waals surface area contributed by atoms with Gasteiger partial charge in [0.25, 0.3) is 5.92 Å². The first-order chi connectivity index (χ1) is 33.5. The van der Waals surface area contributed by atoms with Crippen LogP contribution in [0.1, 0.15) is 79.5 Å². The number of halogens is 11. The Bertz CT molecular complexity index is 3390. The molecule has 29 heteroatoms. The minimum atomic E-state index is -5.24. The lowest BCUT2D eigenvalue weighted by Gasteiger charge is -2.23. The lowest BCUT2D eigenvalue weighted by Crippen LogP contribution is -2.39. The van der Waals surface area contributed by atoms with Gasteiger partial charge in [0.2, 0.25) is 15.9 Å². The van der Waals surface area contributed by atoms with Crippen molar-refractivity contribution in [1.29, 1.82) is 0 Å². The third-order valence-corrected chi connectivity index (χ3v) is 15.0. The summed E-state index contributed by atoms with van der Waals surface area (Å²) in [5.41, 5.74) is -6.25. The van der Waals surface area contributed by atoms with Crippen LogP contribution in [0, 0.1) is 29.4 Å². The van der Waals surface area contributed by atoms with Gasteiger partial charge in [-0.05, 0) is 81.3 Å². The van der Waals surface area contributed by atoms with E-state index in [0.717, 1.165) is 49.6 Å². The molecule has 2 aromatic carbocycles. The Morgan fingerprint density at radius 2 is 1.60 bits per heavy atom. The largest absolute Gasteiger partial charge is 0.481 e. The number of carbonyl (C=O) groups excluding carboxylic acids is 2. The van der Waals surface area contributed by atoms with E-state index in [1.807, 2.05) is 0 Å². The van der Waals surface area contributed by atoms with Crippen LogP contribution in [0.15, 0.2) is 42.5 Å². The van der Waals surface area contributed by atoms with E-state index >= 15 is 8.78 Å². The molecular weight excluding hydrogens is 1060 g/mol. The Balaban J connectivity index is 1.48. The second-order valence-corrected chi connectivity index (χ2v) is 22.6. The van der Waals surface area contributed by atoms with Gasteiger partial charge in [0, 0.05) is 34.9 Å². The van der Waals surface area contributed by atoms with E-state index in [2.05, 4.69) is 32.3 Å². The van der Waals surface area contributed by atoms with Crippen molar-refractivity contribution >= 4 is 66.2 Å². The Hall–Kier alpha value is -6.47. The first-order valence-corrected chi connectivity index (χ1v) is 25.3. The van der Waals surface area contributed by atoms with Gasteiger partial charge >= 0.3 is 24.4 Å². The Labute approximate surface area is 412 Å². The number of alkyl halides is 8. The summed E-state index contributed by atoms with van der Waals surface area (Å²) in [7, 11) is -8.89. The zero-order chi connectivity index (χ0) is 54.3. The van der Waals surface area contributed by atoms with Crippen molar-refractivity contribution in [3.63, 3.8) is 0 Å². The number of sulfone groups is 1. The molecule has 4 atom stereocenters. The van der Waals surface area contributed by atoms with Gasteiger partial charge in [-0.25, -0.2) is 35.4 Å². The van der Waals surface area contributed by atoms with E-state index in [-0.39, 0.29) is 36.9 Å². The van der Waals surface area contributed by atoms with Crippen LogP contribution in [0.5, 0.6) is 0 Å². The number of sulfonamides is 1. The number of anilines is 1. The second kappa shape index (κ2) is 18.8. The highest BCUT2D eigenvalue weighted by Gasteiger charge is 2.68. The number of benzene rings is 2. The van der Waals surface area contributed by atoms with Crippen LogP contribution in [0.2, 0.25) is 5.02 Å². The number of nitrogens with one attached hydrogen (secondary N) is 1. The van der Waals surface area contributed by atoms with E-state index in [1.165, 1.54) is 13.8 Å². The molecule has 2 N–H and O–H groups in total. The number of carbonyl (C=O) groups is 3. The van der Waals surface area contributed by atoms with Crippen LogP contribution in [-0.2, 0) is 65.8 Å². The molecule has 1 fully saturated rings. The third kappa shape index (κ3) is 11.2. The number of fused-ring (bicyclic) bond motifs is 4. The number of rotatable bonds is 14. The van der Waals surface area contributed by atoms with E-state index in [9.17, 15) is 71.4 Å². The first-order valence-electron chi connectivity index (χ1n) is 21.2. The molecule has 2 aliphatic carbocycles. The molecule has 0 bridgehead atoms. The Morgan fingerprint density at radius 1 is 0.973 bits per heavy atom. The van der Waals surface area contributed by atoms with E-state index < -0.39 is 172 Å². The number of carboxylic acid groups (broad SMARTS) is 1. The van der Waals surface area contributed by atoms with E-state index in [0.29, 0.717) is 12.3 Å². The number of aromatic nitrogens is 5. The summed E-state index contributed by atoms with van der Waals surface area (Å²) in [4.78, 5) is 43.5. The summed E-state index contributed by atoms with van der Waals surface area (Å²) in [5.74, 6) is -7.83. The highest BCUT2D eigenvalue weighted by molar-refractivity contribution is 7.93. The molecule has 3 heterocycles. The maximum atomic E-state index is 15.6. The minimum Gasteiger partial charge on any atom is -0.481 e. The van der Waals surface area contributed by atoms with Crippen LogP contribution < -0.4 is 9.62 Å². The van der Waals surface area contributed by atoms with Crippen LogP contribution >= 0.6 is 11.6 Å². The normalized spacial score (nSPS) is 17.3. The summed E-state index contributed by atoms with van der Waals surface area (Å²) in [5, 5.41) is 17.5. The number of ether oxygens (including phenoxy) is 1. The van der Waals surface area contributed by atoms with Crippen molar-refractivity contribution in [1.82, 2.24) is 29.9 Å². The van der Waals surface area contributed by atoms with Crippen molar-refractivity contribution in [2.24, 2.45) is 5.92 Å². The topological polar surface area (TPSA) is 213 Å². The summed E-state index contributed by atoms with van der Waals surface area (Å²) in [6.45, 7) is 0.126. The number of carboxylic acids is 1. The van der Waals surface area contributed by atoms with Crippen LogP contribution in [0.3, 0.4) is 0 Å². The molecule has 7 rings (SSSR count). The molecule has 0 aliphatic heterocycles. The van der Waals surface area contributed by atoms with Crippen molar-refractivity contribution in [3.8, 4) is 23.0 Å². The second-order valence-electron chi connectivity index (χ2n) is 17.8. The van der Waals surface area contributed by atoms with E-state index in [4.69, 9.17) is 16.3 Å². The maximum absolute atomic E-state index is 15.6. The molecule has 16 nitrogen and oxygen atoms in total.